The summed E-state index contributed by atoms with van der Waals surface area (Å²) < 4.78 is 13.8. The number of fused-ring (bicyclic) bond motifs is 3. The lowest BCUT2D eigenvalue weighted by Crippen LogP contribution is -2.21. The van der Waals surface area contributed by atoms with E-state index in [9.17, 15) is 14.3 Å². The van der Waals surface area contributed by atoms with Crippen LogP contribution in [0.5, 0.6) is 5.75 Å². The van der Waals surface area contributed by atoms with Crippen molar-refractivity contribution < 1.29 is 14.3 Å². The SMILES string of the molecule is O=C(Cc1ccc(O)cc1)Nc1nc2c(nc1C1CCCCC1)-c1ccc(F)cc1CC2. The van der Waals surface area contributed by atoms with Gasteiger partial charge in [0.2, 0.25) is 5.91 Å². The molecule has 5 rings (SSSR count). The van der Waals surface area contributed by atoms with Gasteiger partial charge in [-0.15, -0.1) is 0 Å². The predicted molar refractivity (Wildman–Crippen MR) is 121 cm³/mol. The van der Waals surface area contributed by atoms with Crippen molar-refractivity contribution in [2.45, 2.75) is 57.3 Å². The molecule has 2 N–H and O–H groups in total. The molecule has 0 bridgehead atoms. The minimum absolute atomic E-state index is 0.153. The zero-order chi connectivity index (χ0) is 22.1. The normalized spacial score (nSPS) is 15.7. The van der Waals surface area contributed by atoms with E-state index in [1.165, 1.54) is 12.5 Å². The van der Waals surface area contributed by atoms with Crippen molar-refractivity contribution in [3.8, 4) is 17.0 Å². The first-order chi connectivity index (χ1) is 15.6. The van der Waals surface area contributed by atoms with Crippen LogP contribution in [0.15, 0.2) is 42.5 Å². The molecule has 32 heavy (non-hydrogen) atoms. The third-order valence-electron chi connectivity index (χ3n) is 6.50. The molecular formula is C26H26FN3O2. The molecule has 0 spiro atoms. The highest BCUT2D eigenvalue weighted by atomic mass is 19.1. The van der Waals surface area contributed by atoms with Crippen LogP contribution in [0.3, 0.4) is 0 Å². The van der Waals surface area contributed by atoms with Crippen LogP contribution in [0.2, 0.25) is 0 Å². The summed E-state index contributed by atoms with van der Waals surface area (Å²) in [5.41, 5.74) is 5.25. The first-order valence-electron chi connectivity index (χ1n) is 11.3. The van der Waals surface area contributed by atoms with E-state index in [2.05, 4.69) is 5.32 Å². The van der Waals surface area contributed by atoms with Gasteiger partial charge in [0.15, 0.2) is 5.82 Å². The van der Waals surface area contributed by atoms with E-state index in [1.54, 1.807) is 36.4 Å². The summed E-state index contributed by atoms with van der Waals surface area (Å²) in [5.74, 6) is 0.613. The fraction of sp³-hybridized carbons (Fsp3) is 0.346. The van der Waals surface area contributed by atoms with E-state index in [1.807, 2.05) is 0 Å². The highest BCUT2D eigenvalue weighted by Crippen LogP contribution is 2.39. The molecule has 1 saturated carbocycles. The number of nitrogens with one attached hydrogen (secondary N) is 1. The van der Waals surface area contributed by atoms with Crippen molar-refractivity contribution in [3.05, 3.63) is 70.8 Å². The van der Waals surface area contributed by atoms with Gasteiger partial charge >= 0.3 is 0 Å². The van der Waals surface area contributed by atoms with Gasteiger partial charge in [-0.2, -0.15) is 0 Å². The molecule has 0 atom stereocenters. The van der Waals surface area contributed by atoms with Crippen LogP contribution in [-0.4, -0.2) is 21.0 Å². The van der Waals surface area contributed by atoms with Crippen LogP contribution in [0.4, 0.5) is 10.2 Å². The highest BCUT2D eigenvalue weighted by molar-refractivity contribution is 5.92. The van der Waals surface area contributed by atoms with E-state index in [-0.39, 0.29) is 29.8 Å². The zero-order valence-corrected chi connectivity index (χ0v) is 17.9. The lowest BCUT2D eigenvalue weighted by molar-refractivity contribution is -0.115. The fourth-order valence-corrected chi connectivity index (χ4v) is 4.85. The molecule has 1 amide bonds. The molecule has 0 unspecified atom stereocenters. The number of hydrogen-bond acceptors (Lipinski definition) is 4. The third kappa shape index (κ3) is 4.22. The number of anilines is 1. The molecule has 3 aromatic rings. The summed E-state index contributed by atoms with van der Waals surface area (Å²) in [4.78, 5) is 22.7. The number of nitrogens with zero attached hydrogens (tertiary/aromatic N) is 2. The summed E-state index contributed by atoms with van der Waals surface area (Å²) in [6, 6.07) is 11.5. The van der Waals surface area contributed by atoms with E-state index in [0.717, 1.165) is 59.5 Å². The fourth-order valence-electron chi connectivity index (χ4n) is 4.85. The van der Waals surface area contributed by atoms with Gasteiger partial charge < -0.3 is 10.4 Å². The Labute approximate surface area is 186 Å². The van der Waals surface area contributed by atoms with Crippen molar-refractivity contribution in [2.24, 2.45) is 0 Å². The molecule has 2 aliphatic rings. The molecule has 0 saturated heterocycles. The molecule has 1 heterocycles. The maximum Gasteiger partial charge on any atom is 0.229 e. The zero-order valence-electron chi connectivity index (χ0n) is 17.9. The van der Waals surface area contributed by atoms with Crippen LogP contribution in [0, 0.1) is 5.82 Å². The van der Waals surface area contributed by atoms with E-state index in [0.29, 0.717) is 18.7 Å². The highest BCUT2D eigenvalue weighted by Gasteiger charge is 2.27. The topological polar surface area (TPSA) is 75.1 Å². The quantitative estimate of drug-likeness (QED) is 0.587. The molecule has 1 aromatic heterocycles. The molecule has 164 valence electrons. The summed E-state index contributed by atoms with van der Waals surface area (Å²) in [6.45, 7) is 0. The number of benzene rings is 2. The number of aromatic hydroxyl groups is 1. The van der Waals surface area contributed by atoms with Gasteiger partial charge in [-0.1, -0.05) is 31.4 Å². The monoisotopic (exact) mass is 431 g/mol. The molecule has 2 aliphatic carbocycles. The molecule has 5 nitrogen and oxygen atoms in total. The first kappa shape index (κ1) is 20.6. The smallest absolute Gasteiger partial charge is 0.229 e. The summed E-state index contributed by atoms with van der Waals surface area (Å²) in [7, 11) is 0. The Morgan fingerprint density at radius 1 is 1.03 bits per heavy atom. The predicted octanol–water partition coefficient (Wildman–Crippen LogP) is 5.32. The first-order valence-corrected chi connectivity index (χ1v) is 11.3. The second-order valence-electron chi connectivity index (χ2n) is 8.78. The Balaban J connectivity index is 1.49. The summed E-state index contributed by atoms with van der Waals surface area (Å²) in [6.07, 6.45) is 7.15. The van der Waals surface area contributed by atoms with Gasteiger partial charge in [0.25, 0.3) is 0 Å². The van der Waals surface area contributed by atoms with Gasteiger partial charge in [-0.3, -0.25) is 4.79 Å². The Hall–Kier alpha value is -3.28. The Kier molecular flexibility index (Phi) is 5.60. The second-order valence-corrected chi connectivity index (χ2v) is 8.78. The minimum Gasteiger partial charge on any atom is -0.508 e. The number of aromatic nitrogens is 2. The number of phenols is 1. The number of phenolic OH excluding ortho intramolecular Hbond substituents is 1. The number of rotatable bonds is 4. The number of halogens is 1. The molecular weight excluding hydrogens is 405 g/mol. The number of hydrogen-bond donors (Lipinski definition) is 2. The summed E-state index contributed by atoms with van der Waals surface area (Å²) >= 11 is 0. The molecule has 0 radical (unpaired) electrons. The maximum absolute atomic E-state index is 13.8. The Morgan fingerprint density at radius 3 is 2.59 bits per heavy atom. The number of aryl methyl sites for hydroxylation is 2. The average Bonchev–Trinajstić information content (AvgIpc) is 2.80. The van der Waals surface area contributed by atoms with Crippen LogP contribution in [-0.2, 0) is 24.1 Å². The van der Waals surface area contributed by atoms with Crippen molar-refractivity contribution in [2.75, 3.05) is 5.32 Å². The van der Waals surface area contributed by atoms with Crippen LogP contribution in [0.1, 0.15) is 60.5 Å². The largest absolute Gasteiger partial charge is 0.508 e. The average molecular weight is 432 g/mol. The molecule has 6 heteroatoms. The lowest BCUT2D eigenvalue weighted by atomic mass is 9.85. The van der Waals surface area contributed by atoms with E-state index >= 15 is 0 Å². The van der Waals surface area contributed by atoms with Crippen molar-refractivity contribution >= 4 is 11.7 Å². The van der Waals surface area contributed by atoms with E-state index < -0.39 is 0 Å². The lowest BCUT2D eigenvalue weighted by Gasteiger charge is -2.26. The van der Waals surface area contributed by atoms with Gasteiger partial charge in [-0.05, 0) is 67.1 Å². The molecule has 2 aromatic carbocycles. The number of carbonyl (C=O) groups is 1. The Bertz CT molecular complexity index is 1150. The Morgan fingerprint density at radius 2 is 1.81 bits per heavy atom. The standard InChI is InChI=1S/C26H26FN3O2/c27-19-9-12-21-18(15-19)8-13-22-25(21)30-24(17-4-2-1-3-5-17)26(28-22)29-23(32)14-16-6-10-20(31)11-7-16/h6-7,9-12,15,17,31H,1-5,8,13-14H2,(H,28,29,32). The summed E-state index contributed by atoms with van der Waals surface area (Å²) in [5, 5.41) is 12.5. The molecule has 0 aliphatic heterocycles. The second kappa shape index (κ2) is 8.69. The van der Waals surface area contributed by atoms with Crippen LogP contribution in [0.25, 0.3) is 11.3 Å². The van der Waals surface area contributed by atoms with Crippen molar-refractivity contribution in [3.63, 3.8) is 0 Å². The van der Waals surface area contributed by atoms with Crippen LogP contribution >= 0.6 is 0 Å². The van der Waals surface area contributed by atoms with Crippen LogP contribution < -0.4 is 5.32 Å². The van der Waals surface area contributed by atoms with Gasteiger partial charge in [0.05, 0.1) is 23.5 Å². The maximum atomic E-state index is 13.8. The van der Waals surface area contributed by atoms with Gasteiger partial charge in [-0.25, -0.2) is 14.4 Å². The minimum atomic E-state index is -0.231. The van der Waals surface area contributed by atoms with Crippen molar-refractivity contribution in [1.82, 2.24) is 9.97 Å². The number of amides is 1. The van der Waals surface area contributed by atoms with E-state index in [4.69, 9.17) is 9.97 Å². The van der Waals surface area contributed by atoms with Gasteiger partial charge in [0, 0.05) is 11.5 Å². The molecule has 1 fully saturated rings. The third-order valence-corrected chi connectivity index (χ3v) is 6.50. The number of carbonyl (C=O) groups excluding carboxylic acids is 1. The van der Waals surface area contributed by atoms with Gasteiger partial charge in [0.1, 0.15) is 11.6 Å². The van der Waals surface area contributed by atoms with Crippen molar-refractivity contribution in [1.29, 1.82) is 0 Å².